The van der Waals surface area contributed by atoms with E-state index in [1.165, 1.54) is 6.08 Å². The zero-order valence-corrected chi connectivity index (χ0v) is 5.80. The summed E-state index contributed by atoms with van der Waals surface area (Å²) in [4.78, 5) is 10.2. The Hall–Kier alpha value is -0.920. The van der Waals surface area contributed by atoms with Crippen LogP contribution in [-0.2, 0) is 4.79 Å². The maximum absolute atomic E-state index is 12.5. The van der Waals surface area contributed by atoms with Crippen LogP contribution in [0.5, 0.6) is 0 Å². The van der Waals surface area contributed by atoms with Crippen molar-refractivity contribution in [3.05, 3.63) is 23.6 Å². The smallest absolute Gasteiger partial charge is 0.149 e. The molecule has 0 aliphatic heterocycles. The molecule has 0 aromatic heterocycles. The molecule has 0 N–H and O–H groups in total. The molecular formula is C8H9FO. The first-order valence-electron chi connectivity index (χ1n) is 3.25. The Bertz CT molecular complexity index is 203. The molecule has 0 heterocycles. The summed E-state index contributed by atoms with van der Waals surface area (Å²) in [6, 6.07) is 0. The first-order chi connectivity index (χ1) is 4.72. The van der Waals surface area contributed by atoms with E-state index in [-0.39, 0.29) is 11.7 Å². The molecule has 54 valence electrons. The van der Waals surface area contributed by atoms with Gasteiger partial charge in [-0.05, 0) is 12.0 Å². The Morgan fingerprint density at radius 1 is 1.80 bits per heavy atom. The van der Waals surface area contributed by atoms with E-state index in [0.29, 0.717) is 18.3 Å². The fourth-order valence-corrected chi connectivity index (χ4v) is 1.06. The van der Waals surface area contributed by atoms with E-state index in [4.69, 9.17) is 0 Å². The van der Waals surface area contributed by atoms with E-state index in [1.807, 2.05) is 6.92 Å². The Balaban J connectivity index is 2.81. The van der Waals surface area contributed by atoms with Crippen LogP contribution in [0.4, 0.5) is 4.39 Å². The second kappa shape index (κ2) is 2.78. The molecule has 0 saturated heterocycles. The number of carbonyl (C=O) groups excluding carboxylic acids is 1. The topological polar surface area (TPSA) is 17.1 Å². The number of rotatable bonds is 1. The van der Waals surface area contributed by atoms with Gasteiger partial charge in [0.2, 0.25) is 0 Å². The van der Waals surface area contributed by atoms with Crippen LogP contribution < -0.4 is 0 Å². The summed E-state index contributed by atoms with van der Waals surface area (Å²) in [5.74, 6) is -0.0395. The summed E-state index contributed by atoms with van der Waals surface area (Å²) >= 11 is 0. The summed E-state index contributed by atoms with van der Waals surface area (Å²) in [7, 11) is 0. The van der Waals surface area contributed by atoms with E-state index < -0.39 is 0 Å². The van der Waals surface area contributed by atoms with Gasteiger partial charge >= 0.3 is 0 Å². The van der Waals surface area contributed by atoms with Crippen LogP contribution in [0.25, 0.3) is 0 Å². The molecule has 0 bridgehead atoms. The van der Waals surface area contributed by atoms with Crippen molar-refractivity contribution in [2.24, 2.45) is 5.92 Å². The van der Waals surface area contributed by atoms with Crippen molar-refractivity contribution >= 4 is 6.29 Å². The van der Waals surface area contributed by atoms with Crippen molar-refractivity contribution in [2.45, 2.75) is 13.3 Å². The van der Waals surface area contributed by atoms with Gasteiger partial charge in [-0.15, -0.1) is 0 Å². The van der Waals surface area contributed by atoms with Gasteiger partial charge in [0.15, 0.2) is 0 Å². The number of halogens is 1. The monoisotopic (exact) mass is 140 g/mol. The van der Waals surface area contributed by atoms with Crippen molar-refractivity contribution in [3.8, 4) is 0 Å². The molecule has 1 aliphatic carbocycles. The summed E-state index contributed by atoms with van der Waals surface area (Å²) < 4.78 is 12.5. The molecule has 1 nitrogen and oxygen atoms in total. The predicted molar refractivity (Wildman–Crippen MR) is 37.1 cm³/mol. The van der Waals surface area contributed by atoms with Crippen LogP contribution in [0.3, 0.4) is 0 Å². The lowest BCUT2D eigenvalue weighted by Crippen LogP contribution is -1.98. The molecule has 10 heavy (non-hydrogen) atoms. The number of allylic oxidation sites excluding steroid dienone is 4. The molecule has 1 rings (SSSR count). The lowest BCUT2D eigenvalue weighted by Gasteiger charge is -2.09. The second-order valence-electron chi connectivity index (χ2n) is 2.56. The number of hydrogen-bond acceptors (Lipinski definition) is 1. The summed E-state index contributed by atoms with van der Waals surface area (Å²) in [6.45, 7) is 1.88. The van der Waals surface area contributed by atoms with Gasteiger partial charge in [-0.25, -0.2) is 4.39 Å². The highest BCUT2D eigenvalue weighted by molar-refractivity contribution is 5.78. The van der Waals surface area contributed by atoms with Crippen LogP contribution in [0, 0.1) is 5.92 Å². The van der Waals surface area contributed by atoms with Crippen LogP contribution in [0.15, 0.2) is 23.6 Å². The first-order valence-corrected chi connectivity index (χ1v) is 3.25. The van der Waals surface area contributed by atoms with Gasteiger partial charge in [-0.2, -0.15) is 0 Å². The lowest BCUT2D eigenvalue weighted by atomic mass is 9.98. The van der Waals surface area contributed by atoms with Crippen molar-refractivity contribution in [2.75, 3.05) is 0 Å². The molecule has 0 spiro atoms. The van der Waals surface area contributed by atoms with Crippen LogP contribution in [-0.4, -0.2) is 6.29 Å². The molecule has 0 aromatic carbocycles. The van der Waals surface area contributed by atoms with Crippen molar-refractivity contribution < 1.29 is 9.18 Å². The molecule has 1 unspecified atom stereocenters. The van der Waals surface area contributed by atoms with Gasteiger partial charge in [0.25, 0.3) is 0 Å². The van der Waals surface area contributed by atoms with E-state index >= 15 is 0 Å². The SMILES string of the molecule is CC1C=C(C=O)C=C(F)C1. The molecule has 0 radical (unpaired) electrons. The molecular weight excluding hydrogens is 131 g/mol. The Kier molecular flexibility index (Phi) is 2.00. The van der Waals surface area contributed by atoms with Gasteiger partial charge in [0.1, 0.15) is 12.1 Å². The molecule has 2 heteroatoms. The molecule has 0 fully saturated rings. The average molecular weight is 140 g/mol. The number of hydrogen-bond donors (Lipinski definition) is 0. The minimum absolute atomic E-state index is 0.158. The lowest BCUT2D eigenvalue weighted by molar-refractivity contribution is -0.104. The van der Waals surface area contributed by atoms with E-state index in [9.17, 15) is 9.18 Å². The second-order valence-corrected chi connectivity index (χ2v) is 2.56. The third-order valence-corrected chi connectivity index (χ3v) is 1.45. The largest absolute Gasteiger partial charge is 0.298 e. The van der Waals surface area contributed by atoms with Crippen molar-refractivity contribution in [1.82, 2.24) is 0 Å². The van der Waals surface area contributed by atoms with E-state index in [2.05, 4.69) is 0 Å². The molecule has 0 saturated carbocycles. The maximum atomic E-state index is 12.5. The fourth-order valence-electron chi connectivity index (χ4n) is 1.06. The van der Waals surface area contributed by atoms with Gasteiger partial charge in [-0.3, -0.25) is 4.79 Å². The number of aldehydes is 1. The number of carbonyl (C=O) groups is 1. The average Bonchev–Trinajstić information content (AvgIpc) is 1.85. The Morgan fingerprint density at radius 2 is 2.50 bits per heavy atom. The predicted octanol–water partition coefficient (Wildman–Crippen LogP) is 2.00. The zero-order valence-electron chi connectivity index (χ0n) is 5.80. The highest BCUT2D eigenvalue weighted by Crippen LogP contribution is 2.21. The summed E-state index contributed by atoms with van der Waals surface area (Å²) in [6.07, 6.45) is 4.16. The van der Waals surface area contributed by atoms with E-state index in [1.54, 1.807) is 6.08 Å². The summed E-state index contributed by atoms with van der Waals surface area (Å²) in [5, 5.41) is 0. The van der Waals surface area contributed by atoms with Crippen LogP contribution in [0.2, 0.25) is 0 Å². The van der Waals surface area contributed by atoms with Crippen LogP contribution >= 0.6 is 0 Å². The molecule has 1 atom stereocenters. The fraction of sp³-hybridized carbons (Fsp3) is 0.375. The third-order valence-electron chi connectivity index (χ3n) is 1.45. The highest BCUT2D eigenvalue weighted by Gasteiger charge is 2.09. The quantitative estimate of drug-likeness (QED) is 0.509. The standard InChI is InChI=1S/C8H9FO/c1-6-2-7(5-10)4-8(9)3-6/h2,4-6H,3H2,1H3. The Labute approximate surface area is 59.2 Å². The van der Waals surface area contributed by atoms with Gasteiger partial charge in [0, 0.05) is 12.0 Å². The van der Waals surface area contributed by atoms with Crippen molar-refractivity contribution in [1.29, 1.82) is 0 Å². The highest BCUT2D eigenvalue weighted by atomic mass is 19.1. The minimum Gasteiger partial charge on any atom is -0.298 e. The first kappa shape index (κ1) is 7.19. The zero-order chi connectivity index (χ0) is 7.56. The van der Waals surface area contributed by atoms with Gasteiger partial charge < -0.3 is 0 Å². The van der Waals surface area contributed by atoms with Gasteiger partial charge in [0.05, 0.1) is 0 Å². The Morgan fingerprint density at radius 3 is 3.00 bits per heavy atom. The molecule has 0 aromatic rings. The van der Waals surface area contributed by atoms with E-state index in [0.717, 1.165) is 0 Å². The molecule has 1 aliphatic rings. The maximum Gasteiger partial charge on any atom is 0.149 e. The molecule has 0 amide bonds. The summed E-state index contributed by atoms with van der Waals surface area (Å²) in [5.41, 5.74) is 0.455. The third kappa shape index (κ3) is 1.53. The van der Waals surface area contributed by atoms with Crippen molar-refractivity contribution in [3.63, 3.8) is 0 Å². The minimum atomic E-state index is -0.197. The van der Waals surface area contributed by atoms with Crippen LogP contribution in [0.1, 0.15) is 13.3 Å². The van der Waals surface area contributed by atoms with Gasteiger partial charge in [-0.1, -0.05) is 13.0 Å². The normalized spacial score (nSPS) is 25.2.